The van der Waals surface area contributed by atoms with Gasteiger partial charge in [-0.15, -0.1) is 0 Å². The molecule has 0 bridgehead atoms. The minimum absolute atomic E-state index is 0.0887. The molecule has 2 rings (SSSR count). The second kappa shape index (κ2) is 9.44. The summed E-state index contributed by atoms with van der Waals surface area (Å²) in [4.78, 5) is 11.0. The minimum Gasteiger partial charge on any atom is -0.464 e. The van der Waals surface area contributed by atoms with Crippen molar-refractivity contribution in [3.8, 4) is 0 Å². The molecule has 2 N–H and O–H groups in total. The molecule has 24 heavy (non-hydrogen) atoms. The van der Waals surface area contributed by atoms with Gasteiger partial charge in [0, 0.05) is 12.6 Å². The van der Waals surface area contributed by atoms with Crippen molar-refractivity contribution in [2.24, 2.45) is 0 Å². The monoisotopic (exact) mass is 354 g/mol. The third kappa shape index (κ3) is 6.72. The Balaban J connectivity index is 1.68. The predicted octanol–water partition coefficient (Wildman–Crippen LogP) is 4.03. The molecule has 0 saturated carbocycles. The summed E-state index contributed by atoms with van der Waals surface area (Å²) >= 11 is 0.554. The summed E-state index contributed by atoms with van der Waals surface area (Å²) in [5.74, 6) is -0.993. The first-order valence-corrected chi connectivity index (χ1v) is 8.62. The first-order chi connectivity index (χ1) is 11.5. The van der Waals surface area contributed by atoms with Crippen molar-refractivity contribution in [1.82, 2.24) is 5.32 Å². The predicted molar refractivity (Wildman–Crippen MR) is 92.2 cm³/mol. The molecule has 0 fully saturated rings. The van der Waals surface area contributed by atoms with Crippen LogP contribution in [0.25, 0.3) is 0 Å². The summed E-state index contributed by atoms with van der Waals surface area (Å²) in [6.07, 6.45) is 0.842. The van der Waals surface area contributed by atoms with Crippen LogP contribution in [0, 0.1) is 0 Å². The van der Waals surface area contributed by atoms with Crippen molar-refractivity contribution < 1.29 is 18.0 Å². The number of hydrogen-bond donors (Lipinski definition) is 2. The highest BCUT2D eigenvalue weighted by molar-refractivity contribution is 7.98. The highest BCUT2D eigenvalue weighted by atomic mass is 32.2. The van der Waals surface area contributed by atoms with Crippen LogP contribution < -0.4 is 10.6 Å². The second-order valence-electron chi connectivity index (χ2n) is 5.24. The largest absolute Gasteiger partial charge is 0.464 e. The zero-order valence-corrected chi connectivity index (χ0v) is 14.2. The summed E-state index contributed by atoms with van der Waals surface area (Å²) in [5, 5.41) is 5.98. The summed E-state index contributed by atoms with van der Waals surface area (Å²) in [6, 6.07) is 11.2. The molecule has 1 amide bonds. The highest BCUT2D eigenvalue weighted by Crippen LogP contribution is 2.21. The van der Waals surface area contributed by atoms with Crippen LogP contribution in [0.4, 0.5) is 14.5 Å². The Morgan fingerprint density at radius 2 is 1.88 bits per heavy atom. The molecule has 1 aromatic heterocycles. The Hall–Kier alpha value is -1.86. The number of rotatable bonds is 9. The molecule has 0 aliphatic carbocycles. The lowest BCUT2D eigenvalue weighted by atomic mass is 10.1. The average Bonchev–Trinajstić information content (AvgIpc) is 2.98. The molecule has 0 radical (unpaired) electrons. The minimum atomic E-state index is -2.38. The zero-order valence-electron chi connectivity index (χ0n) is 13.4. The molecule has 7 heteroatoms. The van der Waals surface area contributed by atoms with E-state index in [9.17, 15) is 13.6 Å². The number of furan rings is 1. The van der Waals surface area contributed by atoms with Gasteiger partial charge in [-0.3, -0.25) is 4.79 Å². The first-order valence-electron chi connectivity index (χ1n) is 7.57. The Morgan fingerprint density at radius 1 is 1.17 bits per heavy atom. The van der Waals surface area contributed by atoms with E-state index in [4.69, 9.17) is 4.42 Å². The SMILES string of the molecule is CC(=O)Nc1ccc(CCNCc2ccc(CSC(F)F)o2)cc1. The van der Waals surface area contributed by atoms with E-state index in [0.29, 0.717) is 24.1 Å². The van der Waals surface area contributed by atoms with Gasteiger partial charge in [-0.05, 0) is 42.8 Å². The number of carbonyl (C=O) groups is 1. The fourth-order valence-corrected chi connectivity index (χ4v) is 2.59. The maximum absolute atomic E-state index is 12.1. The van der Waals surface area contributed by atoms with E-state index in [-0.39, 0.29) is 11.7 Å². The highest BCUT2D eigenvalue weighted by Gasteiger charge is 2.07. The van der Waals surface area contributed by atoms with E-state index in [0.717, 1.165) is 30.0 Å². The number of anilines is 1. The Bertz CT molecular complexity index is 644. The third-order valence-electron chi connectivity index (χ3n) is 3.23. The van der Waals surface area contributed by atoms with Gasteiger partial charge in [-0.25, -0.2) is 0 Å². The molecule has 1 aromatic carbocycles. The molecule has 130 valence electrons. The van der Waals surface area contributed by atoms with Crippen LogP contribution in [0.5, 0.6) is 0 Å². The van der Waals surface area contributed by atoms with Crippen LogP contribution in [-0.4, -0.2) is 18.2 Å². The quantitative estimate of drug-likeness (QED) is 0.668. The first kappa shape index (κ1) is 18.5. The number of alkyl halides is 2. The fraction of sp³-hybridized carbons (Fsp3) is 0.353. The van der Waals surface area contributed by atoms with Gasteiger partial charge in [-0.2, -0.15) is 8.78 Å². The molecule has 4 nitrogen and oxygen atoms in total. The van der Waals surface area contributed by atoms with Gasteiger partial charge in [0.05, 0.1) is 12.3 Å². The van der Waals surface area contributed by atoms with Crippen molar-refractivity contribution in [2.45, 2.75) is 31.4 Å². The van der Waals surface area contributed by atoms with Crippen molar-refractivity contribution in [1.29, 1.82) is 0 Å². The third-order valence-corrected chi connectivity index (χ3v) is 3.94. The number of carbonyl (C=O) groups excluding carboxylic acids is 1. The van der Waals surface area contributed by atoms with Crippen molar-refractivity contribution in [3.05, 3.63) is 53.5 Å². The van der Waals surface area contributed by atoms with E-state index in [1.165, 1.54) is 6.92 Å². The van der Waals surface area contributed by atoms with E-state index in [1.54, 1.807) is 12.1 Å². The van der Waals surface area contributed by atoms with Crippen LogP contribution >= 0.6 is 11.8 Å². The summed E-state index contributed by atoms with van der Waals surface area (Å²) < 4.78 is 29.7. The van der Waals surface area contributed by atoms with Gasteiger partial charge >= 0.3 is 0 Å². The topological polar surface area (TPSA) is 54.3 Å². The average molecular weight is 354 g/mol. The molecule has 0 unspecified atom stereocenters. The Morgan fingerprint density at radius 3 is 2.54 bits per heavy atom. The van der Waals surface area contributed by atoms with Gasteiger partial charge in [0.1, 0.15) is 11.5 Å². The summed E-state index contributed by atoms with van der Waals surface area (Å²) in [5.41, 5.74) is 1.94. The lowest BCUT2D eigenvalue weighted by molar-refractivity contribution is -0.114. The number of halogens is 2. The van der Waals surface area contributed by atoms with Crippen LogP contribution in [0.3, 0.4) is 0 Å². The van der Waals surface area contributed by atoms with Gasteiger partial charge in [0.25, 0.3) is 5.76 Å². The van der Waals surface area contributed by atoms with E-state index in [1.807, 2.05) is 24.3 Å². The number of nitrogens with one attached hydrogen (secondary N) is 2. The normalized spacial score (nSPS) is 11.0. The van der Waals surface area contributed by atoms with Gasteiger partial charge in [0.2, 0.25) is 5.91 Å². The fourth-order valence-electron chi connectivity index (χ4n) is 2.14. The van der Waals surface area contributed by atoms with Crippen LogP contribution in [0.15, 0.2) is 40.8 Å². The maximum atomic E-state index is 12.1. The van der Waals surface area contributed by atoms with Gasteiger partial charge < -0.3 is 15.1 Å². The number of benzene rings is 1. The molecule has 0 aliphatic rings. The van der Waals surface area contributed by atoms with E-state index >= 15 is 0 Å². The second-order valence-corrected chi connectivity index (χ2v) is 6.22. The van der Waals surface area contributed by atoms with Gasteiger partial charge in [-0.1, -0.05) is 23.9 Å². The van der Waals surface area contributed by atoms with Crippen molar-refractivity contribution in [3.63, 3.8) is 0 Å². The molecule has 0 aliphatic heterocycles. The number of thioether (sulfide) groups is 1. The molecule has 1 heterocycles. The molecular weight excluding hydrogens is 334 g/mol. The van der Waals surface area contributed by atoms with Crippen LogP contribution in [0.2, 0.25) is 0 Å². The van der Waals surface area contributed by atoms with Crippen LogP contribution in [0.1, 0.15) is 24.0 Å². The summed E-state index contributed by atoms with van der Waals surface area (Å²) in [6.45, 7) is 2.80. The summed E-state index contributed by atoms with van der Waals surface area (Å²) in [7, 11) is 0. The molecular formula is C17H20F2N2O2S. The Labute approximate surface area is 144 Å². The smallest absolute Gasteiger partial charge is 0.284 e. The Kier molecular flexibility index (Phi) is 7.27. The van der Waals surface area contributed by atoms with Crippen molar-refractivity contribution in [2.75, 3.05) is 11.9 Å². The molecule has 0 atom stereocenters. The lowest BCUT2D eigenvalue weighted by Crippen LogP contribution is -2.16. The molecule has 0 spiro atoms. The van der Waals surface area contributed by atoms with Crippen LogP contribution in [-0.2, 0) is 23.5 Å². The molecule has 2 aromatic rings. The molecule has 0 saturated heterocycles. The number of amides is 1. The standard InChI is InChI=1S/C17H20F2N2O2S/c1-12(22)21-14-4-2-13(3-5-14)8-9-20-10-15-6-7-16(23-15)11-24-17(18)19/h2-7,17,20H,8-11H2,1H3,(H,21,22). The lowest BCUT2D eigenvalue weighted by Gasteiger charge is -2.06. The van der Waals surface area contributed by atoms with E-state index in [2.05, 4.69) is 10.6 Å². The number of hydrogen-bond acceptors (Lipinski definition) is 4. The zero-order chi connectivity index (χ0) is 17.4. The van der Waals surface area contributed by atoms with E-state index < -0.39 is 5.76 Å². The van der Waals surface area contributed by atoms with Crippen molar-refractivity contribution >= 4 is 23.4 Å². The maximum Gasteiger partial charge on any atom is 0.284 e. The van der Waals surface area contributed by atoms with Gasteiger partial charge in [0.15, 0.2) is 0 Å².